The Bertz CT molecular complexity index is 208. The number of aromatic nitrogens is 1. The first-order valence-corrected chi connectivity index (χ1v) is 2.58. The third-order valence-corrected chi connectivity index (χ3v) is 1.03. The van der Waals surface area contributed by atoms with Gasteiger partial charge in [-0.25, -0.2) is 0 Å². The number of hydrogen-bond donors (Lipinski definition) is 1. The summed E-state index contributed by atoms with van der Waals surface area (Å²) >= 11 is 0. The second-order valence-corrected chi connectivity index (χ2v) is 1.62. The van der Waals surface area contributed by atoms with Gasteiger partial charge in [0.05, 0.1) is 19.0 Å². The number of ether oxygens (including phenoxy) is 1. The quantitative estimate of drug-likeness (QED) is 0.742. The van der Waals surface area contributed by atoms with Gasteiger partial charge in [0, 0.05) is 12.3 Å². The van der Waals surface area contributed by atoms with Crippen LogP contribution < -0.4 is 10.5 Å². The molecule has 11 heavy (non-hydrogen) atoms. The molecule has 0 aliphatic rings. The van der Waals surface area contributed by atoms with Crippen LogP contribution in [0.1, 0.15) is 0 Å². The molecular formula is C6H10Cl2N2O. The summed E-state index contributed by atoms with van der Waals surface area (Å²) < 4.78 is 4.88. The first-order chi connectivity index (χ1) is 4.34. The van der Waals surface area contributed by atoms with Crippen molar-refractivity contribution in [3.05, 3.63) is 18.5 Å². The maximum atomic E-state index is 5.44. The molecule has 0 amide bonds. The van der Waals surface area contributed by atoms with Gasteiger partial charge in [-0.3, -0.25) is 4.98 Å². The number of halogens is 2. The molecule has 1 aromatic rings. The third kappa shape index (κ3) is 3.30. The predicted octanol–water partition coefficient (Wildman–Crippen LogP) is 1.52. The lowest BCUT2D eigenvalue weighted by molar-refractivity contribution is 0.416. The van der Waals surface area contributed by atoms with Crippen molar-refractivity contribution in [3.63, 3.8) is 0 Å². The van der Waals surface area contributed by atoms with Crippen LogP contribution in [0.4, 0.5) is 5.69 Å². The van der Waals surface area contributed by atoms with Crippen LogP contribution in [0.3, 0.4) is 0 Å². The highest BCUT2D eigenvalue weighted by Crippen LogP contribution is 2.16. The molecule has 0 aliphatic carbocycles. The van der Waals surface area contributed by atoms with Gasteiger partial charge < -0.3 is 10.5 Å². The van der Waals surface area contributed by atoms with Gasteiger partial charge in [-0.05, 0) is 0 Å². The standard InChI is InChI=1S/C6H8N2O.2ClH/c1-9-6-2-3-8-4-5(6)7;;/h2-4H,7H2,1H3;2*1H. The van der Waals surface area contributed by atoms with Gasteiger partial charge in [0.25, 0.3) is 0 Å². The Morgan fingerprint density at radius 2 is 2.09 bits per heavy atom. The molecule has 3 nitrogen and oxygen atoms in total. The summed E-state index contributed by atoms with van der Waals surface area (Å²) in [6.45, 7) is 0. The van der Waals surface area contributed by atoms with Crippen molar-refractivity contribution in [2.24, 2.45) is 0 Å². The maximum absolute atomic E-state index is 5.44. The topological polar surface area (TPSA) is 48.1 Å². The van der Waals surface area contributed by atoms with E-state index in [9.17, 15) is 0 Å². The highest BCUT2D eigenvalue weighted by molar-refractivity contribution is 5.85. The predicted molar refractivity (Wildman–Crippen MR) is 49.7 cm³/mol. The minimum Gasteiger partial charge on any atom is -0.494 e. The normalized spacial score (nSPS) is 7.36. The molecule has 0 aliphatic heterocycles. The van der Waals surface area contributed by atoms with Crippen LogP contribution in [0, 0.1) is 0 Å². The molecule has 0 unspecified atom stereocenters. The number of rotatable bonds is 1. The molecule has 0 atom stereocenters. The average molecular weight is 197 g/mol. The fourth-order valence-corrected chi connectivity index (χ4v) is 0.580. The molecule has 0 radical (unpaired) electrons. The van der Waals surface area contributed by atoms with Crippen LogP contribution in [0.25, 0.3) is 0 Å². The molecule has 0 saturated carbocycles. The van der Waals surface area contributed by atoms with Gasteiger partial charge in [-0.2, -0.15) is 0 Å². The molecule has 1 rings (SSSR count). The zero-order valence-electron chi connectivity index (χ0n) is 5.98. The molecule has 0 spiro atoms. The Balaban J connectivity index is 0. The molecule has 1 heterocycles. The van der Waals surface area contributed by atoms with Gasteiger partial charge >= 0.3 is 0 Å². The van der Waals surface area contributed by atoms with E-state index in [1.807, 2.05) is 0 Å². The van der Waals surface area contributed by atoms with Gasteiger partial charge in [0.1, 0.15) is 5.75 Å². The van der Waals surface area contributed by atoms with E-state index in [1.54, 1.807) is 25.6 Å². The highest BCUT2D eigenvalue weighted by atomic mass is 35.5. The largest absolute Gasteiger partial charge is 0.494 e. The lowest BCUT2D eigenvalue weighted by Gasteiger charge is -1.99. The monoisotopic (exact) mass is 196 g/mol. The Morgan fingerprint density at radius 1 is 1.45 bits per heavy atom. The van der Waals surface area contributed by atoms with E-state index in [-0.39, 0.29) is 24.8 Å². The Kier molecular flexibility index (Phi) is 7.15. The Morgan fingerprint density at radius 3 is 2.45 bits per heavy atom. The van der Waals surface area contributed by atoms with Crippen molar-refractivity contribution >= 4 is 30.5 Å². The van der Waals surface area contributed by atoms with E-state index in [0.717, 1.165) is 0 Å². The van der Waals surface area contributed by atoms with Crippen LogP contribution in [0.15, 0.2) is 18.5 Å². The van der Waals surface area contributed by atoms with Crippen molar-refractivity contribution in [1.29, 1.82) is 0 Å². The van der Waals surface area contributed by atoms with E-state index in [0.29, 0.717) is 11.4 Å². The fraction of sp³-hybridized carbons (Fsp3) is 0.167. The smallest absolute Gasteiger partial charge is 0.144 e. The number of pyridine rings is 1. The van der Waals surface area contributed by atoms with Crippen LogP contribution >= 0.6 is 24.8 Å². The van der Waals surface area contributed by atoms with Crippen molar-refractivity contribution in [3.8, 4) is 5.75 Å². The number of nitrogens with two attached hydrogens (primary N) is 1. The third-order valence-electron chi connectivity index (χ3n) is 1.03. The summed E-state index contributed by atoms with van der Waals surface area (Å²) in [4.78, 5) is 3.79. The maximum Gasteiger partial charge on any atom is 0.144 e. The fourth-order valence-electron chi connectivity index (χ4n) is 0.580. The molecule has 0 fully saturated rings. The lowest BCUT2D eigenvalue weighted by atomic mass is 10.4. The molecule has 0 saturated heterocycles. The average Bonchev–Trinajstić information content (AvgIpc) is 1.89. The summed E-state index contributed by atoms with van der Waals surface area (Å²) in [5.74, 6) is 0.671. The molecule has 5 heteroatoms. The molecule has 64 valence electrons. The van der Waals surface area contributed by atoms with Crippen molar-refractivity contribution in [1.82, 2.24) is 4.98 Å². The van der Waals surface area contributed by atoms with Gasteiger partial charge in [-0.1, -0.05) is 0 Å². The summed E-state index contributed by atoms with van der Waals surface area (Å²) in [5.41, 5.74) is 6.01. The number of nitrogens with zero attached hydrogens (tertiary/aromatic N) is 1. The first kappa shape index (κ1) is 13.0. The minimum absolute atomic E-state index is 0. The second-order valence-electron chi connectivity index (χ2n) is 1.62. The molecule has 2 N–H and O–H groups in total. The lowest BCUT2D eigenvalue weighted by Crippen LogP contribution is -1.91. The Labute approximate surface area is 77.8 Å². The SMILES string of the molecule is COc1ccncc1N.Cl.Cl. The zero-order valence-corrected chi connectivity index (χ0v) is 7.61. The molecule has 1 aromatic heterocycles. The Hall–Kier alpha value is -0.670. The van der Waals surface area contributed by atoms with Crippen LogP contribution in [-0.4, -0.2) is 12.1 Å². The van der Waals surface area contributed by atoms with E-state index in [1.165, 1.54) is 0 Å². The summed E-state index contributed by atoms with van der Waals surface area (Å²) in [5, 5.41) is 0. The van der Waals surface area contributed by atoms with Gasteiger partial charge in [0.2, 0.25) is 0 Å². The highest BCUT2D eigenvalue weighted by Gasteiger charge is 1.92. The van der Waals surface area contributed by atoms with Crippen LogP contribution in [0.2, 0.25) is 0 Å². The molecule has 0 bridgehead atoms. The summed E-state index contributed by atoms with van der Waals surface area (Å²) in [7, 11) is 1.58. The van der Waals surface area contributed by atoms with E-state index in [4.69, 9.17) is 10.5 Å². The number of methoxy groups -OCH3 is 1. The molecule has 0 aromatic carbocycles. The first-order valence-electron chi connectivity index (χ1n) is 2.58. The van der Waals surface area contributed by atoms with Gasteiger partial charge in [-0.15, -0.1) is 24.8 Å². The van der Waals surface area contributed by atoms with E-state index in [2.05, 4.69) is 4.98 Å². The van der Waals surface area contributed by atoms with Crippen LogP contribution in [-0.2, 0) is 0 Å². The number of hydrogen-bond acceptors (Lipinski definition) is 3. The summed E-state index contributed by atoms with van der Waals surface area (Å²) in [6, 6.07) is 1.72. The second kappa shape index (κ2) is 6.07. The van der Waals surface area contributed by atoms with Crippen LogP contribution in [0.5, 0.6) is 5.75 Å². The van der Waals surface area contributed by atoms with E-state index >= 15 is 0 Å². The minimum atomic E-state index is 0. The number of nitrogen functional groups attached to an aromatic ring is 1. The zero-order chi connectivity index (χ0) is 6.69. The summed E-state index contributed by atoms with van der Waals surface area (Å²) in [6.07, 6.45) is 3.19. The number of anilines is 1. The van der Waals surface area contributed by atoms with Gasteiger partial charge in [0.15, 0.2) is 0 Å². The molecular weight excluding hydrogens is 187 g/mol. The van der Waals surface area contributed by atoms with Crippen molar-refractivity contribution in [2.45, 2.75) is 0 Å². The van der Waals surface area contributed by atoms with E-state index < -0.39 is 0 Å². The van der Waals surface area contributed by atoms with Crippen molar-refractivity contribution < 1.29 is 4.74 Å². The van der Waals surface area contributed by atoms with Crippen molar-refractivity contribution in [2.75, 3.05) is 12.8 Å².